The molecule has 0 aliphatic rings. The molecule has 0 fully saturated rings. The Morgan fingerprint density at radius 2 is 1.21 bits per heavy atom. The maximum atomic E-state index is 13.7. The van der Waals surface area contributed by atoms with Crippen molar-refractivity contribution in [2.75, 3.05) is 28.4 Å². The van der Waals surface area contributed by atoms with Crippen LogP contribution in [0.3, 0.4) is 0 Å². The lowest BCUT2D eigenvalue weighted by Gasteiger charge is -2.19. The minimum absolute atomic E-state index is 0.0165. The molecule has 3 rings (SSSR count). The van der Waals surface area contributed by atoms with E-state index in [2.05, 4.69) is 0 Å². The summed E-state index contributed by atoms with van der Waals surface area (Å²) in [4.78, 5) is 26.6. The molecule has 178 valence electrons. The molecule has 0 saturated heterocycles. The van der Waals surface area contributed by atoms with Crippen LogP contribution in [0.25, 0.3) is 0 Å². The van der Waals surface area contributed by atoms with Crippen molar-refractivity contribution in [2.24, 2.45) is 0 Å². The quantitative estimate of drug-likeness (QED) is 0.279. The third-order valence-corrected chi connectivity index (χ3v) is 7.34. The van der Waals surface area contributed by atoms with Gasteiger partial charge in [-0.25, -0.2) is 0 Å². The first kappa shape index (κ1) is 25.6. The third-order valence-electron chi connectivity index (χ3n) is 5.05. The summed E-state index contributed by atoms with van der Waals surface area (Å²) in [5.41, 5.74) is -0.572. The number of methoxy groups -OCH3 is 4. The van der Waals surface area contributed by atoms with Crippen molar-refractivity contribution in [1.29, 1.82) is 0 Å². The predicted molar refractivity (Wildman–Crippen MR) is 132 cm³/mol. The first-order valence-corrected chi connectivity index (χ1v) is 12.0. The van der Waals surface area contributed by atoms with E-state index in [0.29, 0.717) is 5.56 Å². The van der Waals surface area contributed by atoms with Gasteiger partial charge in [0.25, 0.3) is 0 Å². The second-order valence-corrected chi connectivity index (χ2v) is 9.20. The van der Waals surface area contributed by atoms with E-state index in [-0.39, 0.29) is 49.5 Å². The number of ether oxygens (including phenoxy) is 4. The van der Waals surface area contributed by atoms with Crippen LogP contribution >= 0.6 is 31.0 Å². The topological polar surface area (TPSA) is 88.1 Å². The molecule has 0 saturated carbocycles. The van der Waals surface area contributed by atoms with E-state index in [1.54, 1.807) is 48.5 Å². The Balaban J connectivity index is 2.25. The number of hydrogen-bond acceptors (Lipinski definition) is 7. The smallest absolute Gasteiger partial charge is 0.230 e. The van der Waals surface area contributed by atoms with Crippen LogP contribution in [0.15, 0.2) is 48.5 Å². The van der Waals surface area contributed by atoms with E-state index in [0.717, 1.165) is 0 Å². The highest BCUT2D eigenvalue weighted by Crippen LogP contribution is 2.47. The molecule has 0 aliphatic carbocycles. The number of ketones is 1. The largest absolute Gasteiger partial charge is 0.496 e. The molecule has 0 heterocycles. The van der Waals surface area contributed by atoms with E-state index in [1.165, 1.54) is 28.4 Å². The molecule has 0 N–H and O–H groups in total. The molecule has 0 aliphatic heterocycles. The van der Waals surface area contributed by atoms with Gasteiger partial charge in [0, 0.05) is 5.56 Å². The van der Waals surface area contributed by atoms with Crippen LogP contribution in [0, 0.1) is 0 Å². The van der Waals surface area contributed by atoms with Gasteiger partial charge < -0.3 is 23.5 Å². The minimum Gasteiger partial charge on any atom is -0.496 e. The van der Waals surface area contributed by atoms with Gasteiger partial charge in [0.05, 0.1) is 44.0 Å². The van der Waals surface area contributed by atoms with Crippen molar-refractivity contribution < 1.29 is 33.1 Å². The first-order chi connectivity index (χ1) is 16.3. The number of carbonyl (C=O) groups excluding carboxylic acids is 2. The zero-order chi connectivity index (χ0) is 25.0. The van der Waals surface area contributed by atoms with Gasteiger partial charge in [-0.05, 0) is 12.1 Å². The SMILES string of the molecule is COc1cccc(OC)c1C(=O)[PH](=O)c1c(OC)c(Cl)c(C(=O)c2ccccc2)c(Cl)c1OC. The van der Waals surface area contributed by atoms with Gasteiger partial charge in [0.1, 0.15) is 22.4 Å². The second kappa shape index (κ2) is 11.0. The third kappa shape index (κ3) is 4.51. The lowest BCUT2D eigenvalue weighted by Crippen LogP contribution is -2.16. The summed E-state index contributed by atoms with van der Waals surface area (Å²) in [7, 11) is 1.93. The maximum absolute atomic E-state index is 13.7. The van der Waals surface area contributed by atoms with Crippen molar-refractivity contribution in [3.8, 4) is 23.0 Å². The van der Waals surface area contributed by atoms with E-state index < -0.39 is 19.1 Å². The first-order valence-electron chi connectivity index (χ1n) is 9.84. The lowest BCUT2D eigenvalue weighted by atomic mass is 10.0. The molecule has 0 radical (unpaired) electrons. The molecule has 10 heteroatoms. The monoisotopic (exact) mass is 522 g/mol. The highest BCUT2D eigenvalue weighted by molar-refractivity contribution is 7.72. The van der Waals surface area contributed by atoms with E-state index in [4.69, 9.17) is 42.1 Å². The molecular weight excluding hydrogens is 502 g/mol. The number of benzene rings is 3. The van der Waals surface area contributed by atoms with Crippen molar-refractivity contribution >= 4 is 47.6 Å². The average molecular weight is 523 g/mol. The fraction of sp³-hybridized carbons (Fsp3) is 0.167. The molecule has 7 nitrogen and oxygen atoms in total. The van der Waals surface area contributed by atoms with Crippen molar-refractivity contribution in [1.82, 2.24) is 0 Å². The molecule has 0 bridgehead atoms. The summed E-state index contributed by atoms with van der Waals surface area (Å²) in [6, 6.07) is 13.1. The Morgan fingerprint density at radius 1 is 0.706 bits per heavy atom. The Morgan fingerprint density at radius 3 is 1.65 bits per heavy atom. The highest BCUT2D eigenvalue weighted by Gasteiger charge is 2.35. The van der Waals surface area contributed by atoms with Gasteiger partial charge >= 0.3 is 0 Å². The number of hydrogen-bond donors (Lipinski definition) is 0. The van der Waals surface area contributed by atoms with Crippen molar-refractivity contribution in [3.05, 3.63) is 75.3 Å². The van der Waals surface area contributed by atoms with E-state index >= 15 is 0 Å². The predicted octanol–water partition coefficient (Wildman–Crippen LogP) is 5.28. The number of rotatable bonds is 9. The van der Waals surface area contributed by atoms with Crippen LogP contribution in [-0.4, -0.2) is 39.7 Å². The molecule has 0 amide bonds. The van der Waals surface area contributed by atoms with Gasteiger partial charge in [0.15, 0.2) is 25.1 Å². The van der Waals surface area contributed by atoms with Crippen LogP contribution in [0.4, 0.5) is 0 Å². The van der Waals surface area contributed by atoms with Crippen LogP contribution in [0.2, 0.25) is 10.0 Å². The number of halogens is 2. The molecule has 0 spiro atoms. The van der Waals surface area contributed by atoms with Gasteiger partial charge in [-0.15, -0.1) is 0 Å². The zero-order valence-corrected chi connectivity index (χ0v) is 21.2. The number of carbonyl (C=O) groups is 2. The van der Waals surface area contributed by atoms with E-state index in [9.17, 15) is 14.2 Å². The van der Waals surface area contributed by atoms with Crippen molar-refractivity contribution in [2.45, 2.75) is 0 Å². The summed E-state index contributed by atoms with van der Waals surface area (Å²) in [5.74, 6) is -0.430. The summed E-state index contributed by atoms with van der Waals surface area (Å²) >= 11 is 13.1. The van der Waals surface area contributed by atoms with Gasteiger partial charge in [-0.3, -0.25) is 9.59 Å². The summed E-state index contributed by atoms with van der Waals surface area (Å²) in [6.45, 7) is 0. The van der Waals surface area contributed by atoms with Gasteiger partial charge in [-0.2, -0.15) is 0 Å². The average Bonchev–Trinajstić information content (AvgIpc) is 2.87. The molecular formula is C24H21Cl2O7P. The fourth-order valence-electron chi connectivity index (χ4n) is 3.47. The summed E-state index contributed by atoms with van der Waals surface area (Å²) in [6.07, 6.45) is 0. The lowest BCUT2D eigenvalue weighted by molar-refractivity contribution is 0.103. The van der Waals surface area contributed by atoms with Gasteiger partial charge in [-0.1, -0.05) is 59.6 Å². The summed E-state index contributed by atoms with van der Waals surface area (Å²) in [5, 5.41) is -0.516. The second-order valence-electron chi connectivity index (χ2n) is 6.84. The molecule has 3 aromatic rings. The fourth-order valence-corrected chi connectivity index (χ4v) is 5.95. The van der Waals surface area contributed by atoms with Crippen LogP contribution in [0.5, 0.6) is 23.0 Å². The zero-order valence-electron chi connectivity index (χ0n) is 18.7. The molecule has 0 aromatic heterocycles. The Hall–Kier alpha value is -2.99. The minimum atomic E-state index is -3.37. The molecule has 3 aromatic carbocycles. The van der Waals surface area contributed by atoms with Crippen molar-refractivity contribution in [3.63, 3.8) is 0 Å². The van der Waals surface area contributed by atoms with Crippen LogP contribution in [-0.2, 0) is 4.57 Å². The Bertz CT molecular complexity index is 1220. The Labute approximate surface area is 207 Å². The van der Waals surface area contributed by atoms with Gasteiger partial charge in [0.2, 0.25) is 5.52 Å². The van der Waals surface area contributed by atoms with Crippen LogP contribution in [0.1, 0.15) is 26.3 Å². The molecule has 1 atom stereocenters. The Kier molecular flexibility index (Phi) is 8.26. The normalized spacial score (nSPS) is 11.5. The van der Waals surface area contributed by atoms with E-state index in [1.807, 2.05) is 0 Å². The van der Waals surface area contributed by atoms with Crippen LogP contribution < -0.4 is 24.3 Å². The maximum Gasteiger partial charge on any atom is 0.230 e. The highest BCUT2D eigenvalue weighted by atomic mass is 35.5. The standard InChI is InChI=1S/C24H21Cl2O7P/c1-30-14-11-8-12-15(31-2)16(14)24(28)34(29)23-21(32-3)18(25)17(19(26)22(23)33-4)20(27)13-9-6-5-7-10-13/h5-12,34H,1-4H3. The molecule has 34 heavy (non-hydrogen) atoms. The summed E-state index contributed by atoms with van der Waals surface area (Å²) < 4.78 is 35.0. The molecule has 1 unspecified atom stereocenters.